The topological polar surface area (TPSA) is 90.4 Å². The molecule has 0 bridgehead atoms. The highest BCUT2D eigenvalue weighted by Crippen LogP contribution is 2.60. The highest BCUT2D eigenvalue weighted by Gasteiger charge is 2.76. The van der Waals surface area contributed by atoms with E-state index >= 15 is 9.59 Å². The molecule has 3 amide bonds. The number of halogens is 1. The number of para-hydroxylation sites is 2. The van der Waals surface area contributed by atoms with Crippen LogP contribution in [0.1, 0.15) is 30.5 Å². The van der Waals surface area contributed by atoms with Crippen LogP contribution < -0.4 is 9.80 Å². The van der Waals surface area contributed by atoms with Gasteiger partial charge in [-0.1, -0.05) is 103 Å². The second-order valence-corrected chi connectivity index (χ2v) is 12.8. The van der Waals surface area contributed by atoms with Gasteiger partial charge in [-0.05, 0) is 42.7 Å². The number of rotatable bonds is 6. The minimum absolute atomic E-state index is 0.193. The molecule has 8 nitrogen and oxygen atoms in total. The van der Waals surface area contributed by atoms with Crippen molar-refractivity contribution in [1.29, 1.82) is 0 Å². The lowest BCUT2D eigenvalue weighted by Gasteiger charge is -2.41. The molecule has 4 aliphatic heterocycles. The molecule has 2 fully saturated rings. The Balaban J connectivity index is 1.43. The molecule has 1 unspecified atom stereocenters. The quantitative estimate of drug-likeness (QED) is 0.373. The molecule has 3 aromatic carbocycles. The Bertz CT molecular complexity index is 1730. The zero-order valence-corrected chi connectivity index (χ0v) is 26.5. The number of nitrogens with zero attached hydrogens (tertiary/aromatic N) is 3. The summed E-state index contributed by atoms with van der Waals surface area (Å²) in [4.78, 5) is 49.7. The molecule has 6 atom stereocenters. The summed E-state index contributed by atoms with van der Waals surface area (Å²) >= 11 is 6.71. The van der Waals surface area contributed by atoms with E-state index in [2.05, 4.69) is 0 Å². The number of ether oxygens (including phenoxy) is 1. The van der Waals surface area contributed by atoms with Crippen LogP contribution in [0, 0.1) is 18.8 Å². The van der Waals surface area contributed by atoms with Gasteiger partial charge in [-0.25, -0.2) is 0 Å². The number of hydrogen-bond acceptors (Lipinski definition) is 5. The van der Waals surface area contributed by atoms with Gasteiger partial charge in [-0.2, -0.15) is 0 Å². The number of anilines is 2. The van der Waals surface area contributed by atoms with Gasteiger partial charge in [0.05, 0.1) is 40.8 Å². The molecular formula is C37H36ClN3O5. The van der Waals surface area contributed by atoms with E-state index in [1.165, 1.54) is 4.90 Å². The van der Waals surface area contributed by atoms with Crippen molar-refractivity contribution < 1.29 is 24.2 Å². The summed E-state index contributed by atoms with van der Waals surface area (Å²) in [5, 5.41) is 11.3. The number of carbonyl (C=O) groups excluding carboxylic acids is 3. The molecule has 1 spiro atoms. The van der Waals surface area contributed by atoms with Crippen molar-refractivity contribution in [3.8, 4) is 0 Å². The summed E-state index contributed by atoms with van der Waals surface area (Å²) in [6.07, 6.45) is 7.92. The van der Waals surface area contributed by atoms with Crippen molar-refractivity contribution in [2.75, 3.05) is 29.5 Å². The van der Waals surface area contributed by atoms with Gasteiger partial charge in [0.15, 0.2) is 0 Å². The average molecular weight is 638 g/mol. The van der Waals surface area contributed by atoms with Crippen molar-refractivity contribution in [3.05, 3.63) is 119 Å². The van der Waals surface area contributed by atoms with E-state index in [-0.39, 0.29) is 18.4 Å². The number of aliphatic hydroxyl groups excluding tert-OH is 1. The van der Waals surface area contributed by atoms with Gasteiger partial charge in [0, 0.05) is 18.8 Å². The van der Waals surface area contributed by atoms with E-state index in [1.54, 1.807) is 15.9 Å². The predicted octanol–water partition coefficient (Wildman–Crippen LogP) is 5.25. The number of benzene rings is 3. The van der Waals surface area contributed by atoms with Crippen LogP contribution in [0.4, 0.5) is 11.4 Å². The fourth-order valence-electron chi connectivity index (χ4n) is 8.07. The number of aryl methyl sites for hydroxylation is 1. The van der Waals surface area contributed by atoms with Crippen LogP contribution in [0.5, 0.6) is 0 Å². The fourth-order valence-corrected chi connectivity index (χ4v) is 8.39. The smallest absolute Gasteiger partial charge is 0.253 e. The summed E-state index contributed by atoms with van der Waals surface area (Å²) in [7, 11) is 0. The Morgan fingerprint density at radius 3 is 2.20 bits per heavy atom. The first kappa shape index (κ1) is 30.4. The maximum Gasteiger partial charge on any atom is 0.253 e. The Labute approximate surface area is 273 Å². The standard InChI is InChI=1S/C37H36ClN3O5/c1-3-36-19-11-21-39(26-16-8-5-9-17-26)33(43)29(36)30-34(44)41(28(23-42)25-14-6-4-7-15-25)32-35(45)40(22-12-20-37(30,32)46-36)31-24(2)13-10-18-27(31)38/h4-20,28-30,32,42H,3,21-23H2,1-2H3/t28-,29+,30+,32?,36-,37+/m1/s1. The van der Waals surface area contributed by atoms with Crippen LogP contribution in [0.3, 0.4) is 0 Å². The molecule has 236 valence electrons. The van der Waals surface area contributed by atoms with Crippen molar-refractivity contribution in [3.63, 3.8) is 0 Å². The highest BCUT2D eigenvalue weighted by atomic mass is 35.5. The summed E-state index contributed by atoms with van der Waals surface area (Å²) in [6.45, 7) is 3.92. The molecule has 2 saturated heterocycles. The maximum absolute atomic E-state index is 15.1. The Morgan fingerprint density at radius 1 is 0.848 bits per heavy atom. The summed E-state index contributed by atoms with van der Waals surface area (Å²) in [5.41, 5.74) is 0.131. The minimum Gasteiger partial charge on any atom is -0.394 e. The SMILES string of the molecule is CC[C@@]12C=CCN(c3ccccc3)C(=O)[C@@H]1[C@H]1C(=O)N([C@H](CO)c3ccccc3)C3C(=O)N(c4c(C)cccc4Cl)CC=C[C@@]31O2. The first-order valence-electron chi connectivity index (χ1n) is 15.7. The van der Waals surface area contributed by atoms with Crippen LogP contribution in [0.2, 0.25) is 5.02 Å². The predicted molar refractivity (Wildman–Crippen MR) is 176 cm³/mol. The van der Waals surface area contributed by atoms with Gasteiger partial charge in [-0.15, -0.1) is 0 Å². The molecule has 1 N–H and O–H groups in total. The lowest BCUT2D eigenvalue weighted by Crippen LogP contribution is -2.57. The van der Waals surface area contributed by atoms with Crippen LogP contribution >= 0.6 is 11.6 Å². The van der Waals surface area contributed by atoms with Crippen molar-refractivity contribution in [2.24, 2.45) is 11.8 Å². The number of aliphatic hydroxyl groups is 1. The lowest BCUT2D eigenvalue weighted by molar-refractivity contribution is -0.149. The van der Waals surface area contributed by atoms with Gasteiger partial charge >= 0.3 is 0 Å². The van der Waals surface area contributed by atoms with Crippen molar-refractivity contribution >= 4 is 40.7 Å². The van der Waals surface area contributed by atoms with E-state index in [4.69, 9.17) is 16.3 Å². The number of carbonyl (C=O) groups is 3. The Morgan fingerprint density at radius 2 is 1.52 bits per heavy atom. The third-order valence-corrected chi connectivity index (χ3v) is 10.4. The molecule has 0 aliphatic carbocycles. The Hall–Kier alpha value is -4.24. The second kappa shape index (κ2) is 11.5. The third-order valence-electron chi connectivity index (χ3n) is 10.1. The zero-order valence-electron chi connectivity index (χ0n) is 25.8. The van der Waals surface area contributed by atoms with Crippen LogP contribution in [-0.2, 0) is 19.1 Å². The molecule has 0 aromatic heterocycles. The molecule has 4 heterocycles. The van der Waals surface area contributed by atoms with Gasteiger partial charge in [0.1, 0.15) is 11.6 Å². The summed E-state index contributed by atoms with van der Waals surface area (Å²) in [6, 6.07) is 22.0. The number of hydrogen-bond donors (Lipinski definition) is 1. The number of amides is 3. The highest BCUT2D eigenvalue weighted by molar-refractivity contribution is 6.34. The summed E-state index contributed by atoms with van der Waals surface area (Å²) in [5.74, 6) is -2.97. The Kier molecular flexibility index (Phi) is 7.62. The van der Waals surface area contributed by atoms with E-state index in [0.717, 1.165) is 5.56 Å². The summed E-state index contributed by atoms with van der Waals surface area (Å²) < 4.78 is 7.13. The first-order valence-corrected chi connectivity index (χ1v) is 16.1. The van der Waals surface area contributed by atoms with Gasteiger partial charge in [0.2, 0.25) is 11.8 Å². The first-order chi connectivity index (χ1) is 22.3. The number of fused-ring (bicyclic) bond motifs is 2. The van der Waals surface area contributed by atoms with E-state index in [1.807, 2.05) is 111 Å². The van der Waals surface area contributed by atoms with Crippen molar-refractivity contribution in [1.82, 2.24) is 4.90 Å². The molecule has 4 aliphatic rings. The molecule has 0 saturated carbocycles. The minimum atomic E-state index is -1.49. The van der Waals surface area contributed by atoms with Crippen LogP contribution in [0.15, 0.2) is 103 Å². The normalized spacial score (nSPS) is 29.3. The van der Waals surface area contributed by atoms with Gasteiger partial charge in [-0.3, -0.25) is 14.4 Å². The second-order valence-electron chi connectivity index (χ2n) is 12.4. The third kappa shape index (κ3) is 4.38. The lowest BCUT2D eigenvalue weighted by atomic mass is 9.73. The largest absolute Gasteiger partial charge is 0.394 e. The molecule has 46 heavy (non-hydrogen) atoms. The van der Waals surface area contributed by atoms with Gasteiger partial charge in [0.25, 0.3) is 5.91 Å². The van der Waals surface area contributed by atoms with Crippen LogP contribution in [-0.4, -0.2) is 64.7 Å². The fraction of sp³-hybridized carbons (Fsp3) is 0.324. The van der Waals surface area contributed by atoms with Gasteiger partial charge < -0.3 is 24.5 Å². The average Bonchev–Trinajstić information content (AvgIpc) is 3.36. The number of likely N-dealkylation sites (tertiary alicyclic amines) is 1. The zero-order chi connectivity index (χ0) is 32.2. The molecule has 7 rings (SSSR count). The van der Waals surface area contributed by atoms with Crippen LogP contribution in [0.25, 0.3) is 0 Å². The van der Waals surface area contributed by atoms with E-state index < -0.39 is 47.6 Å². The van der Waals surface area contributed by atoms with E-state index in [9.17, 15) is 9.90 Å². The monoisotopic (exact) mass is 637 g/mol. The molecule has 3 aromatic rings. The molecular weight excluding hydrogens is 602 g/mol. The molecule has 9 heteroatoms. The van der Waals surface area contributed by atoms with E-state index in [0.29, 0.717) is 34.9 Å². The van der Waals surface area contributed by atoms with Crippen molar-refractivity contribution in [2.45, 2.75) is 43.6 Å². The maximum atomic E-state index is 15.1. The molecule has 0 radical (unpaired) electrons.